The summed E-state index contributed by atoms with van der Waals surface area (Å²) in [6, 6.07) is 24.7. The molecule has 0 saturated carbocycles. The minimum Gasteiger partial charge on any atom is -0.341 e. The fourth-order valence-electron chi connectivity index (χ4n) is 3.13. The van der Waals surface area contributed by atoms with E-state index in [1.165, 1.54) is 0 Å². The summed E-state index contributed by atoms with van der Waals surface area (Å²) in [6.45, 7) is 0.638. The van der Waals surface area contributed by atoms with Crippen LogP contribution >= 0.6 is 11.6 Å². The molecular weight excluding hydrogens is 358 g/mol. The van der Waals surface area contributed by atoms with Crippen LogP contribution in [0, 0.1) is 0 Å². The predicted molar refractivity (Wildman–Crippen MR) is 111 cm³/mol. The van der Waals surface area contributed by atoms with Gasteiger partial charge in [0, 0.05) is 18.6 Å². The van der Waals surface area contributed by atoms with Crippen molar-refractivity contribution in [2.24, 2.45) is 0 Å². The average molecular weight is 376 g/mol. The Hall–Kier alpha value is -3.11. The summed E-state index contributed by atoms with van der Waals surface area (Å²) in [5.74, 6) is 0.588. The van der Waals surface area contributed by atoms with Crippen LogP contribution in [0.4, 0.5) is 5.95 Å². The molecule has 1 aromatic heterocycles. The Balaban J connectivity index is 1.90. The molecule has 0 fully saturated rings. The second kappa shape index (κ2) is 7.25. The van der Waals surface area contributed by atoms with E-state index in [2.05, 4.69) is 12.1 Å². The van der Waals surface area contributed by atoms with Crippen LogP contribution in [0.25, 0.3) is 16.6 Å². The zero-order valence-corrected chi connectivity index (χ0v) is 15.6. The molecule has 0 aliphatic heterocycles. The summed E-state index contributed by atoms with van der Waals surface area (Å²) in [5, 5.41) is 1.21. The van der Waals surface area contributed by atoms with Crippen molar-refractivity contribution in [2.45, 2.75) is 6.54 Å². The number of rotatable bonds is 4. The molecule has 0 saturated heterocycles. The molecule has 0 aliphatic rings. The molecule has 0 aliphatic carbocycles. The SMILES string of the molecule is CN(Cc1ccccc1)c1nc2ccccc2c(=O)n1-c1ccc(Cl)cc1. The third kappa shape index (κ3) is 3.44. The van der Waals surface area contributed by atoms with Crippen molar-refractivity contribution in [3.8, 4) is 5.69 Å². The molecule has 4 aromatic rings. The van der Waals surface area contributed by atoms with E-state index < -0.39 is 0 Å². The molecule has 0 radical (unpaired) electrons. The maximum absolute atomic E-state index is 13.3. The minimum absolute atomic E-state index is 0.0992. The summed E-state index contributed by atoms with van der Waals surface area (Å²) in [6.07, 6.45) is 0. The summed E-state index contributed by atoms with van der Waals surface area (Å²) in [7, 11) is 1.94. The van der Waals surface area contributed by atoms with E-state index in [1.54, 1.807) is 22.8 Å². The normalized spacial score (nSPS) is 10.9. The quantitative estimate of drug-likeness (QED) is 0.520. The second-order valence-corrected chi connectivity index (χ2v) is 6.82. The summed E-state index contributed by atoms with van der Waals surface area (Å²) in [5.41, 5.74) is 2.46. The van der Waals surface area contributed by atoms with E-state index in [4.69, 9.17) is 16.6 Å². The van der Waals surface area contributed by atoms with Crippen LogP contribution in [0.5, 0.6) is 0 Å². The summed E-state index contributed by atoms with van der Waals surface area (Å²) < 4.78 is 1.64. The predicted octanol–water partition coefficient (Wildman–Crippen LogP) is 4.68. The van der Waals surface area contributed by atoms with Gasteiger partial charge in [-0.3, -0.25) is 4.79 Å². The molecule has 0 unspecified atom stereocenters. The van der Waals surface area contributed by atoms with Crippen LogP contribution in [-0.4, -0.2) is 16.6 Å². The number of benzene rings is 3. The Morgan fingerprint density at radius 1 is 0.926 bits per heavy atom. The molecule has 134 valence electrons. The van der Waals surface area contributed by atoms with Gasteiger partial charge in [-0.15, -0.1) is 0 Å². The van der Waals surface area contributed by atoms with E-state index in [9.17, 15) is 4.79 Å². The highest BCUT2D eigenvalue weighted by molar-refractivity contribution is 6.30. The Labute approximate surface area is 162 Å². The van der Waals surface area contributed by atoms with Gasteiger partial charge in [0.15, 0.2) is 0 Å². The first-order valence-electron chi connectivity index (χ1n) is 8.66. The number of hydrogen-bond acceptors (Lipinski definition) is 3. The van der Waals surface area contributed by atoms with Crippen molar-refractivity contribution in [1.29, 1.82) is 0 Å². The van der Waals surface area contributed by atoms with Crippen LogP contribution in [0.1, 0.15) is 5.56 Å². The van der Waals surface area contributed by atoms with Gasteiger partial charge in [0.1, 0.15) is 0 Å². The lowest BCUT2D eigenvalue weighted by Crippen LogP contribution is -2.29. The van der Waals surface area contributed by atoms with Gasteiger partial charge in [-0.2, -0.15) is 0 Å². The van der Waals surface area contributed by atoms with Crippen LogP contribution in [-0.2, 0) is 6.54 Å². The van der Waals surface area contributed by atoms with Gasteiger partial charge in [-0.25, -0.2) is 9.55 Å². The topological polar surface area (TPSA) is 38.1 Å². The van der Waals surface area contributed by atoms with Gasteiger partial charge in [-0.05, 0) is 42.0 Å². The summed E-state index contributed by atoms with van der Waals surface area (Å²) >= 11 is 6.03. The number of halogens is 1. The van der Waals surface area contributed by atoms with Gasteiger partial charge in [0.2, 0.25) is 5.95 Å². The number of anilines is 1. The largest absolute Gasteiger partial charge is 0.341 e. The Kier molecular flexibility index (Phi) is 4.65. The lowest BCUT2D eigenvalue weighted by molar-refractivity contribution is 0.820. The van der Waals surface area contributed by atoms with Crippen molar-refractivity contribution < 1.29 is 0 Å². The monoisotopic (exact) mass is 375 g/mol. The molecule has 5 heteroatoms. The fourth-order valence-corrected chi connectivity index (χ4v) is 3.25. The number of hydrogen-bond donors (Lipinski definition) is 0. The third-order valence-corrected chi connectivity index (χ3v) is 4.70. The van der Waals surface area contributed by atoms with Crippen molar-refractivity contribution in [3.05, 3.63) is 99.8 Å². The highest BCUT2D eigenvalue weighted by Crippen LogP contribution is 2.21. The molecule has 0 N–H and O–H groups in total. The van der Waals surface area contributed by atoms with E-state index in [0.717, 1.165) is 11.3 Å². The van der Waals surface area contributed by atoms with Crippen molar-refractivity contribution in [3.63, 3.8) is 0 Å². The maximum Gasteiger partial charge on any atom is 0.267 e. The maximum atomic E-state index is 13.3. The summed E-state index contributed by atoms with van der Waals surface area (Å²) in [4.78, 5) is 20.0. The molecule has 0 bridgehead atoms. The van der Waals surface area contributed by atoms with Gasteiger partial charge in [0.25, 0.3) is 5.56 Å². The number of fused-ring (bicyclic) bond motifs is 1. The smallest absolute Gasteiger partial charge is 0.267 e. The zero-order valence-electron chi connectivity index (χ0n) is 14.8. The lowest BCUT2D eigenvalue weighted by atomic mass is 10.2. The molecule has 3 aromatic carbocycles. The first kappa shape index (κ1) is 17.3. The Bertz CT molecular complexity index is 1140. The minimum atomic E-state index is -0.0992. The zero-order chi connectivity index (χ0) is 18.8. The number of aromatic nitrogens is 2. The van der Waals surface area contributed by atoms with E-state index in [-0.39, 0.29) is 5.56 Å². The molecule has 0 amide bonds. The van der Waals surface area contributed by atoms with E-state index in [1.807, 2.05) is 60.5 Å². The highest BCUT2D eigenvalue weighted by atomic mass is 35.5. The molecular formula is C22H18ClN3O. The van der Waals surface area contributed by atoms with Crippen molar-refractivity contribution >= 4 is 28.5 Å². The van der Waals surface area contributed by atoms with E-state index >= 15 is 0 Å². The van der Waals surface area contributed by atoms with Gasteiger partial charge >= 0.3 is 0 Å². The highest BCUT2D eigenvalue weighted by Gasteiger charge is 2.16. The van der Waals surface area contributed by atoms with Crippen molar-refractivity contribution in [1.82, 2.24) is 9.55 Å². The first-order valence-corrected chi connectivity index (χ1v) is 9.04. The third-order valence-electron chi connectivity index (χ3n) is 4.45. The molecule has 1 heterocycles. The van der Waals surface area contributed by atoms with Gasteiger partial charge in [-0.1, -0.05) is 54.1 Å². The van der Waals surface area contributed by atoms with E-state index in [0.29, 0.717) is 28.4 Å². The van der Waals surface area contributed by atoms with Crippen LogP contribution < -0.4 is 10.5 Å². The molecule has 0 spiro atoms. The molecule has 27 heavy (non-hydrogen) atoms. The number of para-hydroxylation sites is 1. The standard InChI is InChI=1S/C22H18ClN3O/c1-25(15-16-7-3-2-4-8-16)22-24-20-10-6-5-9-19(20)21(27)26(22)18-13-11-17(23)12-14-18/h2-14H,15H2,1H3. The van der Waals surface area contributed by atoms with Crippen molar-refractivity contribution in [2.75, 3.05) is 11.9 Å². The van der Waals surface area contributed by atoms with Crippen LogP contribution in [0.3, 0.4) is 0 Å². The fraction of sp³-hybridized carbons (Fsp3) is 0.0909. The van der Waals surface area contributed by atoms with Gasteiger partial charge < -0.3 is 4.90 Å². The average Bonchev–Trinajstić information content (AvgIpc) is 2.69. The number of nitrogens with zero attached hydrogens (tertiary/aromatic N) is 3. The Morgan fingerprint density at radius 2 is 1.59 bits per heavy atom. The van der Waals surface area contributed by atoms with Gasteiger partial charge in [0.05, 0.1) is 16.6 Å². The van der Waals surface area contributed by atoms with Crippen LogP contribution in [0.2, 0.25) is 5.02 Å². The second-order valence-electron chi connectivity index (χ2n) is 6.39. The molecule has 4 rings (SSSR count). The Morgan fingerprint density at radius 3 is 2.33 bits per heavy atom. The molecule has 4 nitrogen and oxygen atoms in total. The first-order chi connectivity index (χ1) is 13.1. The van der Waals surface area contributed by atoms with Crippen LogP contribution in [0.15, 0.2) is 83.7 Å². The lowest BCUT2D eigenvalue weighted by Gasteiger charge is -2.23. The molecule has 0 atom stereocenters.